The first-order valence-electron chi connectivity index (χ1n) is 5.17. The normalized spacial score (nSPS) is 19.3. The van der Waals surface area contributed by atoms with Gasteiger partial charge in [-0.3, -0.25) is 9.63 Å². The summed E-state index contributed by atoms with van der Waals surface area (Å²) in [5, 5.41) is 2.60. The van der Waals surface area contributed by atoms with Gasteiger partial charge in [0.25, 0.3) is 5.91 Å². The second kappa shape index (κ2) is 5.21. The molecule has 1 fully saturated rings. The fourth-order valence-electron chi connectivity index (χ4n) is 1.47. The molecule has 1 saturated heterocycles. The first-order chi connectivity index (χ1) is 8.53. The molecule has 0 atom stereocenters. The van der Waals surface area contributed by atoms with Crippen LogP contribution in [-0.2, 0) is 14.7 Å². The number of aromatic nitrogens is 1. The molecule has 18 heavy (non-hydrogen) atoms. The zero-order chi connectivity index (χ0) is 13.2. The van der Waals surface area contributed by atoms with Crippen LogP contribution in [0.2, 0.25) is 0 Å². The van der Waals surface area contributed by atoms with Gasteiger partial charge in [-0.1, -0.05) is 0 Å². The van der Waals surface area contributed by atoms with Crippen molar-refractivity contribution < 1.29 is 22.8 Å². The van der Waals surface area contributed by atoms with E-state index in [4.69, 9.17) is 9.57 Å². The van der Waals surface area contributed by atoms with Gasteiger partial charge in [-0.15, -0.1) is 0 Å². The molecule has 0 spiro atoms. The lowest BCUT2D eigenvalue weighted by molar-refractivity contribution is -0.111. The number of hydrogen-bond acceptors (Lipinski definition) is 7. The van der Waals surface area contributed by atoms with Crippen LogP contribution in [0.5, 0.6) is 5.88 Å². The number of carbonyl (C=O) groups is 1. The van der Waals surface area contributed by atoms with E-state index in [0.717, 1.165) is 16.6 Å². The van der Waals surface area contributed by atoms with Crippen LogP contribution in [0.3, 0.4) is 0 Å². The van der Waals surface area contributed by atoms with Crippen molar-refractivity contribution in [1.29, 1.82) is 0 Å². The van der Waals surface area contributed by atoms with Gasteiger partial charge in [0.15, 0.2) is 9.84 Å². The maximum atomic E-state index is 12.1. The van der Waals surface area contributed by atoms with E-state index in [1.807, 2.05) is 0 Å². The van der Waals surface area contributed by atoms with Gasteiger partial charge in [0.2, 0.25) is 5.88 Å². The van der Waals surface area contributed by atoms with Gasteiger partial charge in [0.1, 0.15) is 5.56 Å². The average molecular weight is 292 g/mol. The number of carbonyl (C=O) groups excluding carboxylic acids is 1. The molecule has 2 heterocycles. The van der Waals surface area contributed by atoms with Gasteiger partial charge in [-0.25, -0.2) is 13.5 Å². The van der Waals surface area contributed by atoms with Gasteiger partial charge in [0.05, 0.1) is 31.8 Å². The molecule has 1 aromatic heterocycles. The zero-order valence-electron chi connectivity index (χ0n) is 9.66. The molecule has 0 radical (unpaired) electrons. The fourth-order valence-corrected chi connectivity index (χ4v) is 3.08. The lowest BCUT2D eigenvalue weighted by atomic mass is 10.3. The highest BCUT2D eigenvalue weighted by atomic mass is 32.2. The van der Waals surface area contributed by atoms with E-state index in [9.17, 15) is 13.2 Å². The van der Waals surface area contributed by atoms with Crippen LogP contribution in [0.1, 0.15) is 10.4 Å². The Morgan fingerprint density at radius 3 is 3.06 bits per heavy atom. The van der Waals surface area contributed by atoms with E-state index in [2.05, 4.69) is 4.37 Å². The van der Waals surface area contributed by atoms with Crippen molar-refractivity contribution in [3.05, 3.63) is 10.9 Å². The summed E-state index contributed by atoms with van der Waals surface area (Å²) in [7, 11) is -1.72. The molecule has 0 N–H and O–H groups in total. The van der Waals surface area contributed by atoms with Crippen molar-refractivity contribution in [3.8, 4) is 5.88 Å². The van der Waals surface area contributed by atoms with Crippen molar-refractivity contribution in [2.75, 3.05) is 31.8 Å². The summed E-state index contributed by atoms with van der Waals surface area (Å²) in [6, 6.07) is 0. The van der Waals surface area contributed by atoms with Crippen molar-refractivity contribution >= 4 is 27.3 Å². The van der Waals surface area contributed by atoms with E-state index in [-0.39, 0.29) is 36.1 Å². The van der Waals surface area contributed by atoms with E-state index in [1.165, 1.54) is 7.11 Å². The van der Waals surface area contributed by atoms with Crippen molar-refractivity contribution in [1.82, 2.24) is 9.44 Å². The molecule has 1 aliphatic heterocycles. The van der Waals surface area contributed by atoms with E-state index < -0.39 is 15.7 Å². The molecule has 9 heteroatoms. The molecule has 7 nitrogen and oxygen atoms in total. The van der Waals surface area contributed by atoms with E-state index >= 15 is 0 Å². The molecule has 0 saturated carbocycles. The highest BCUT2D eigenvalue weighted by Gasteiger charge is 2.27. The summed E-state index contributed by atoms with van der Waals surface area (Å²) in [6.45, 7) is -0.00583. The maximum absolute atomic E-state index is 12.1. The summed E-state index contributed by atoms with van der Waals surface area (Å²) in [5.41, 5.74) is 0.279. The highest BCUT2D eigenvalue weighted by Crippen LogP contribution is 2.21. The topological polar surface area (TPSA) is 85.8 Å². The van der Waals surface area contributed by atoms with Crippen LogP contribution in [-0.4, -0.2) is 55.5 Å². The van der Waals surface area contributed by atoms with Crippen LogP contribution in [0.25, 0.3) is 0 Å². The number of nitrogens with zero attached hydrogens (tertiary/aromatic N) is 2. The minimum atomic E-state index is -3.13. The average Bonchev–Trinajstić information content (AvgIpc) is 2.73. The van der Waals surface area contributed by atoms with Gasteiger partial charge in [-0.2, -0.15) is 4.37 Å². The van der Waals surface area contributed by atoms with Crippen LogP contribution in [0.15, 0.2) is 5.38 Å². The Hall–Kier alpha value is -1.19. The number of sulfone groups is 1. The molecule has 1 amide bonds. The minimum absolute atomic E-state index is 0.0141. The van der Waals surface area contributed by atoms with Crippen LogP contribution in [0, 0.1) is 0 Å². The molecule has 0 aromatic carbocycles. The van der Waals surface area contributed by atoms with Gasteiger partial charge in [0, 0.05) is 5.38 Å². The monoisotopic (exact) mass is 292 g/mol. The number of methoxy groups -OCH3 is 1. The molecule has 1 aromatic rings. The molecule has 2 rings (SSSR count). The Balaban J connectivity index is 2.15. The van der Waals surface area contributed by atoms with Gasteiger partial charge in [-0.05, 0) is 11.5 Å². The van der Waals surface area contributed by atoms with Crippen LogP contribution < -0.4 is 4.74 Å². The molecule has 0 aliphatic carbocycles. The number of amides is 1. The number of ether oxygens (including phenoxy) is 1. The van der Waals surface area contributed by atoms with Crippen molar-refractivity contribution in [2.24, 2.45) is 0 Å². The standard InChI is InChI=1S/C9H12N2O5S2/c1-15-8-7(6-17-10-8)9(12)11-2-4-18(13,14)5-3-16-11/h6H,2-5H2,1H3. The summed E-state index contributed by atoms with van der Waals surface area (Å²) < 4.78 is 31.6. The third kappa shape index (κ3) is 2.79. The lowest BCUT2D eigenvalue weighted by Gasteiger charge is -2.18. The Labute approximate surface area is 108 Å². The molecular formula is C9H12N2O5S2. The SMILES string of the molecule is COc1nscc1C(=O)N1CCS(=O)(=O)CCO1. The molecule has 0 bridgehead atoms. The third-order valence-electron chi connectivity index (χ3n) is 2.43. The Morgan fingerprint density at radius 2 is 2.33 bits per heavy atom. The van der Waals surface area contributed by atoms with Gasteiger partial charge < -0.3 is 4.74 Å². The first-order valence-corrected chi connectivity index (χ1v) is 7.83. The third-order valence-corrected chi connectivity index (χ3v) is 4.64. The van der Waals surface area contributed by atoms with E-state index in [0.29, 0.717) is 0 Å². The molecule has 100 valence electrons. The Kier molecular flexibility index (Phi) is 3.83. The molecular weight excluding hydrogens is 280 g/mol. The number of hydrogen-bond donors (Lipinski definition) is 0. The predicted molar refractivity (Wildman–Crippen MR) is 64.3 cm³/mol. The Bertz CT molecular complexity index is 539. The van der Waals surface area contributed by atoms with Crippen LogP contribution in [0.4, 0.5) is 0 Å². The predicted octanol–water partition coefficient (Wildman–Crippen LogP) is -0.0461. The summed E-state index contributed by atoms with van der Waals surface area (Å²) >= 11 is 1.09. The van der Waals surface area contributed by atoms with Crippen molar-refractivity contribution in [2.45, 2.75) is 0 Å². The van der Waals surface area contributed by atoms with Crippen molar-refractivity contribution in [3.63, 3.8) is 0 Å². The smallest absolute Gasteiger partial charge is 0.283 e. The largest absolute Gasteiger partial charge is 0.480 e. The summed E-state index contributed by atoms with van der Waals surface area (Å²) in [6.07, 6.45) is 0. The Morgan fingerprint density at radius 1 is 1.56 bits per heavy atom. The second-order valence-corrected chi connectivity index (χ2v) is 6.56. The summed E-state index contributed by atoms with van der Waals surface area (Å²) in [4.78, 5) is 17.2. The van der Waals surface area contributed by atoms with Gasteiger partial charge >= 0.3 is 0 Å². The maximum Gasteiger partial charge on any atom is 0.283 e. The first kappa shape index (κ1) is 13.2. The fraction of sp³-hybridized carbons (Fsp3) is 0.556. The molecule has 1 aliphatic rings. The molecule has 0 unspecified atom stereocenters. The van der Waals surface area contributed by atoms with E-state index in [1.54, 1.807) is 5.38 Å². The highest BCUT2D eigenvalue weighted by molar-refractivity contribution is 7.91. The number of rotatable bonds is 2. The quantitative estimate of drug-likeness (QED) is 0.760. The minimum Gasteiger partial charge on any atom is -0.480 e. The zero-order valence-corrected chi connectivity index (χ0v) is 11.3. The summed E-state index contributed by atoms with van der Waals surface area (Å²) in [5.74, 6) is -0.382. The second-order valence-electron chi connectivity index (χ2n) is 3.63. The van der Waals surface area contributed by atoms with Crippen LogP contribution >= 0.6 is 11.5 Å². The lowest BCUT2D eigenvalue weighted by Crippen LogP contribution is -2.32. The number of hydroxylamine groups is 2.